The van der Waals surface area contributed by atoms with E-state index in [4.69, 9.17) is 14.2 Å². The molecule has 0 saturated carbocycles. The van der Waals surface area contributed by atoms with Crippen molar-refractivity contribution in [2.24, 2.45) is 7.05 Å². The van der Waals surface area contributed by atoms with E-state index in [1.165, 1.54) is 6.08 Å². The largest absolute Gasteiger partial charge is 0.490 e. The highest BCUT2D eigenvalue weighted by molar-refractivity contribution is 5.93. The molecule has 2 aromatic carbocycles. The number of aryl methyl sites for hydroxylation is 2. The first-order valence-electron chi connectivity index (χ1n) is 11.9. The fourth-order valence-electron chi connectivity index (χ4n) is 3.53. The summed E-state index contributed by atoms with van der Waals surface area (Å²) < 4.78 is 18.1. The summed E-state index contributed by atoms with van der Waals surface area (Å²) in [7, 11) is 1.73. The summed E-state index contributed by atoms with van der Waals surface area (Å²) in [4.78, 5) is 25.1. The Hall–Kier alpha value is -4.33. The van der Waals surface area contributed by atoms with Gasteiger partial charge in [0, 0.05) is 19.2 Å². The van der Waals surface area contributed by atoms with Crippen LogP contribution in [0.1, 0.15) is 35.5 Å². The molecule has 0 radical (unpaired) electrons. The van der Waals surface area contributed by atoms with Crippen molar-refractivity contribution in [3.63, 3.8) is 0 Å². The minimum Gasteiger partial charge on any atom is -0.490 e. The summed E-state index contributed by atoms with van der Waals surface area (Å²) in [6.07, 6.45) is 3.19. The van der Waals surface area contributed by atoms with E-state index in [9.17, 15) is 9.59 Å². The number of rotatable bonds is 12. The molecule has 1 aromatic heterocycles. The highest BCUT2D eigenvalue weighted by Gasteiger charge is 2.32. The van der Waals surface area contributed by atoms with Crippen molar-refractivity contribution in [3.05, 3.63) is 90.7 Å². The van der Waals surface area contributed by atoms with Crippen LogP contribution in [0.5, 0.6) is 11.5 Å². The first-order valence-corrected chi connectivity index (χ1v) is 11.9. The van der Waals surface area contributed by atoms with Gasteiger partial charge in [-0.1, -0.05) is 37.4 Å². The average Bonchev–Trinajstić information content (AvgIpc) is 3.27. The molecule has 194 valence electrons. The van der Waals surface area contributed by atoms with E-state index >= 15 is 0 Å². The summed E-state index contributed by atoms with van der Waals surface area (Å²) in [5.41, 5.74) is 2.58. The predicted molar refractivity (Wildman–Crippen MR) is 143 cm³/mol. The maximum Gasteiger partial charge on any atom is 0.350 e. The highest BCUT2D eigenvalue weighted by Crippen LogP contribution is 2.25. The maximum absolute atomic E-state index is 12.9. The zero-order valence-corrected chi connectivity index (χ0v) is 21.7. The number of esters is 1. The van der Waals surface area contributed by atoms with Crippen molar-refractivity contribution in [2.75, 3.05) is 13.2 Å². The van der Waals surface area contributed by atoms with Crippen molar-refractivity contribution in [1.82, 2.24) is 15.1 Å². The molecular formula is C29H33N3O5. The molecule has 0 aliphatic heterocycles. The number of benzene rings is 2. The predicted octanol–water partition coefficient (Wildman–Crippen LogP) is 4.78. The molecule has 0 fully saturated rings. The summed E-state index contributed by atoms with van der Waals surface area (Å²) in [5.74, 6) is 0.584. The molecule has 37 heavy (non-hydrogen) atoms. The van der Waals surface area contributed by atoms with E-state index in [1.807, 2.05) is 43.3 Å². The first-order chi connectivity index (χ1) is 17.6. The van der Waals surface area contributed by atoms with E-state index in [0.29, 0.717) is 30.3 Å². The third-order valence-corrected chi connectivity index (χ3v) is 5.51. The van der Waals surface area contributed by atoms with Gasteiger partial charge < -0.3 is 19.5 Å². The molecule has 1 N–H and O–H groups in total. The third kappa shape index (κ3) is 7.10. The Morgan fingerprint density at radius 2 is 1.76 bits per heavy atom. The van der Waals surface area contributed by atoms with Gasteiger partial charge in [0.1, 0.15) is 30.4 Å². The first kappa shape index (κ1) is 27.3. The van der Waals surface area contributed by atoms with Crippen molar-refractivity contribution >= 4 is 11.9 Å². The minimum atomic E-state index is -1.15. The fraction of sp³-hybridized carbons (Fsp3) is 0.276. The molecule has 0 atom stereocenters. The van der Waals surface area contributed by atoms with Crippen LogP contribution in [0.2, 0.25) is 0 Å². The number of hydrogen-bond donors (Lipinski definition) is 1. The van der Waals surface area contributed by atoms with E-state index in [-0.39, 0.29) is 12.5 Å². The summed E-state index contributed by atoms with van der Waals surface area (Å²) in [6, 6.07) is 14.8. The van der Waals surface area contributed by atoms with Gasteiger partial charge in [0.15, 0.2) is 5.60 Å². The molecule has 1 amide bonds. The zero-order valence-electron chi connectivity index (χ0n) is 21.7. The molecule has 3 aromatic rings. The second-order valence-electron chi connectivity index (χ2n) is 8.94. The molecule has 1 heterocycles. The lowest BCUT2D eigenvalue weighted by molar-refractivity contribution is -0.158. The van der Waals surface area contributed by atoms with Gasteiger partial charge in [-0.25, -0.2) is 4.79 Å². The van der Waals surface area contributed by atoms with Crippen LogP contribution in [-0.2, 0) is 23.1 Å². The van der Waals surface area contributed by atoms with Crippen molar-refractivity contribution in [1.29, 1.82) is 0 Å². The lowest BCUT2D eigenvalue weighted by Crippen LogP contribution is -2.40. The van der Waals surface area contributed by atoms with Crippen LogP contribution in [0.4, 0.5) is 0 Å². The highest BCUT2D eigenvalue weighted by atomic mass is 16.6. The molecule has 3 rings (SSSR count). The second kappa shape index (κ2) is 12.1. The smallest absolute Gasteiger partial charge is 0.350 e. The minimum absolute atomic E-state index is 0.124. The van der Waals surface area contributed by atoms with Gasteiger partial charge in [-0.3, -0.25) is 9.48 Å². The molecule has 0 saturated heterocycles. The number of nitrogens with zero attached hydrogens (tertiary/aromatic N) is 2. The lowest BCUT2D eigenvalue weighted by Gasteiger charge is -2.25. The average molecular weight is 504 g/mol. The van der Waals surface area contributed by atoms with Crippen molar-refractivity contribution in [2.45, 2.75) is 32.9 Å². The topological polar surface area (TPSA) is 91.7 Å². The van der Waals surface area contributed by atoms with Crippen LogP contribution in [-0.4, -0.2) is 40.5 Å². The zero-order chi connectivity index (χ0) is 27.0. The van der Waals surface area contributed by atoms with Gasteiger partial charge >= 0.3 is 5.97 Å². The van der Waals surface area contributed by atoms with Gasteiger partial charge in [0.25, 0.3) is 5.91 Å². The van der Waals surface area contributed by atoms with E-state index in [2.05, 4.69) is 23.6 Å². The number of ether oxygens (including phenoxy) is 3. The standard InChI is InChI=1S/C29H33N3O5/c1-7-15-35-23-12-10-22(11-13-23)24-18-25(32(6)31-24)27(33)30-19-21-9-14-26(20(3)17-21)37-29(4,5)28(34)36-16-8-2/h7-14,17-18H,1-2,15-16,19H2,3-6H3,(H,30,33). The second-order valence-corrected chi connectivity index (χ2v) is 8.94. The van der Waals surface area contributed by atoms with Crippen LogP contribution < -0.4 is 14.8 Å². The SMILES string of the molecule is C=CCOC(=O)C(C)(C)Oc1ccc(CNC(=O)c2cc(-c3ccc(OCC=C)cc3)nn2C)cc1C. The summed E-state index contributed by atoms with van der Waals surface area (Å²) >= 11 is 0. The maximum atomic E-state index is 12.9. The molecule has 0 unspecified atom stereocenters. The van der Waals surface area contributed by atoms with Crippen molar-refractivity contribution in [3.8, 4) is 22.8 Å². The van der Waals surface area contributed by atoms with Gasteiger partial charge in [0.05, 0.1) is 5.69 Å². The number of aromatic nitrogens is 2. The monoisotopic (exact) mass is 503 g/mol. The fourth-order valence-corrected chi connectivity index (χ4v) is 3.53. The van der Waals surface area contributed by atoms with Crippen LogP contribution in [0, 0.1) is 6.92 Å². The van der Waals surface area contributed by atoms with Gasteiger partial charge in [-0.2, -0.15) is 5.10 Å². The number of nitrogens with one attached hydrogen (secondary N) is 1. The van der Waals surface area contributed by atoms with E-state index < -0.39 is 11.6 Å². The Morgan fingerprint density at radius 1 is 1.05 bits per heavy atom. The van der Waals surface area contributed by atoms with Gasteiger partial charge in [-0.05, 0) is 68.3 Å². The van der Waals surface area contributed by atoms with Crippen LogP contribution in [0.3, 0.4) is 0 Å². The van der Waals surface area contributed by atoms with Gasteiger partial charge in [0.2, 0.25) is 0 Å². The Kier molecular flexibility index (Phi) is 8.90. The van der Waals surface area contributed by atoms with E-state index in [0.717, 1.165) is 22.4 Å². The molecule has 8 heteroatoms. The molecule has 0 bridgehead atoms. The third-order valence-electron chi connectivity index (χ3n) is 5.51. The summed E-state index contributed by atoms with van der Waals surface area (Å²) in [6.45, 7) is 13.2. The molecule has 0 aliphatic carbocycles. The Balaban J connectivity index is 1.62. The Bertz CT molecular complexity index is 1280. The molecule has 0 spiro atoms. The van der Waals surface area contributed by atoms with E-state index in [1.54, 1.807) is 43.8 Å². The Morgan fingerprint density at radius 3 is 2.41 bits per heavy atom. The molecular weight excluding hydrogens is 470 g/mol. The number of hydrogen-bond acceptors (Lipinski definition) is 6. The lowest BCUT2D eigenvalue weighted by atomic mass is 10.1. The number of carbonyl (C=O) groups excluding carboxylic acids is 2. The number of carbonyl (C=O) groups is 2. The van der Waals surface area contributed by atoms with Gasteiger partial charge in [-0.15, -0.1) is 0 Å². The molecule has 0 aliphatic rings. The van der Waals surface area contributed by atoms with Crippen LogP contribution >= 0.6 is 0 Å². The summed E-state index contributed by atoms with van der Waals surface area (Å²) in [5, 5.41) is 7.42. The van der Waals surface area contributed by atoms with Crippen LogP contribution in [0.15, 0.2) is 73.8 Å². The van der Waals surface area contributed by atoms with Crippen molar-refractivity contribution < 1.29 is 23.8 Å². The Labute approximate surface area is 217 Å². The van der Waals surface area contributed by atoms with Crippen LogP contribution in [0.25, 0.3) is 11.3 Å². The number of amides is 1. The molecule has 8 nitrogen and oxygen atoms in total. The quantitative estimate of drug-likeness (QED) is 0.283. The normalized spacial score (nSPS) is 10.9.